The minimum absolute atomic E-state index is 0.410. The Morgan fingerprint density at radius 3 is 2.79 bits per heavy atom. The van der Waals surface area contributed by atoms with Crippen LogP contribution in [-0.4, -0.2) is 15.5 Å². The molecule has 126 valence electrons. The Morgan fingerprint density at radius 2 is 2.17 bits per heavy atom. The van der Waals surface area contributed by atoms with Crippen LogP contribution in [0, 0.1) is 0 Å². The van der Waals surface area contributed by atoms with Gasteiger partial charge in [0, 0.05) is 22.9 Å². The van der Waals surface area contributed by atoms with Gasteiger partial charge in [-0.15, -0.1) is 11.3 Å². The molecule has 0 bridgehead atoms. The normalized spacial score (nSPS) is 12.6. The quantitative estimate of drug-likeness (QED) is 0.686. The molecule has 0 spiro atoms. The number of fused-ring (bicyclic) bond motifs is 1. The van der Waals surface area contributed by atoms with Crippen LogP contribution < -0.4 is 5.73 Å². The number of thiophene rings is 1. The molecule has 4 nitrogen and oxygen atoms in total. The zero-order chi connectivity index (χ0) is 17.1. The average Bonchev–Trinajstić information content (AvgIpc) is 3.19. The van der Waals surface area contributed by atoms with Crippen LogP contribution in [0.15, 0.2) is 35.7 Å². The zero-order valence-corrected chi connectivity index (χ0v) is 15.0. The standard InChI is InChI=1S/C19H23N3OS/c1-3-6-14(4-2)22-17-9-8-13(19(20)23)11-16(17)21-18(22)12-15-7-5-10-24-15/h5,7-11,14H,3-4,6,12H2,1-2H3,(H2,20,23). The van der Waals surface area contributed by atoms with E-state index in [1.165, 1.54) is 4.88 Å². The van der Waals surface area contributed by atoms with Gasteiger partial charge in [-0.3, -0.25) is 4.79 Å². The maximum absolute atomic E-state index is 11.5. The summed E-state index contributed by atoms with van der Waals surface area (Å²) in [5.74, 6) is 0.654. The minimum atomic E-state index is -0.410. The van der Waals surface area contributed by atoms with E-state index < -0.39 is 5.91 Å². The van der Waals surface area contributed by atoms with Gasteiger partial charge in [0.05, 0.1) is 11.0 Å². The highest BCUT2D eigenvalue weighted by molar-refractivity contribution is 7.09. The summed E-state index contributed by atoms with van der Waals surface area (Å²) < 4.78 is 2.36. The second kappa shape index (κ2) is 7.18. The van der Waals surface area contributed by atoms with Crippen molar-refractivity contribution >= 4 is 28.3 Å². The van der Waals surface area contributed by atoms with Crippen molar-refractivity contribution in [2.45, 2.75) is 45.6 Å². The number of amides is 1. The van der Waals surface area contributed by atoms with Crippen molar-refractivity contribution in [1.82, 2.24) is 9.55 Å². The first kappa shape index (κ1) is 16.7. The van der Waals surface area contributed by atoms with E-state index >= 15 is 0 Å². The second-order valence-electron chi connectivity index (χ2n) is 6.07. The molecule has 0 saturated heterocycles. The van der Waals surface area contributed by atoms with E-state index in [0.29, 0.717) is 11.6 Å². The first-order chi connectivity index (χ1) is 11.6. The Morgan fingerprint density at radius 1 is 1.33 bits per heavy atom. The van der Waals surface area contributed by atoms with Gasteiger partial charge in [0.25, 0.3) is 0 Å². The van der Waals surface area contributed by atoms with Crippen LogP contribution in [0.3, 0.4) is 0 Å². The first-order valence-corrected chi connectivity index (χ1v) is 9.35. The van der Waals surface area contributed by atoms with Gasteiger partial charge in [-0.2, -0.15) is 0 Å². The molecule has 1 atom stereocenters. The summed E-state index contributed by atoms with van der Waals surface area (Å²) in [6, 6.07) is 10.2. The summed E-state index contributed by atoms with van der Waals surface area (Å²) >= 11 is 1.75. The van der Waals surface area contributed by atoms with Gasteiger partial charge in [0.1, 0.15) is 5.82 Å². The lowest BCUT2D eigenvalue weighted by atomic mass is 10.1. The Kier molecular flexibility index (Phi) is 5.00. The van der Waals surface area contributed by atoms with Crippen LogP contribution in [0.25, 0.3) is 11.0 Å². The highest BCUT2D eigenvalue weighted by Gasteiger charge is 2.19. The molecule has 0 radical (unpaired) electrons. The van der Waals surface area contributed by atoms with Gasteiger partial charge in [0.2, 0.25) is 5.91 Å². The van der Waals surface area contributed by atoms with Gasteiger partial charge in [-0.05, 0) is 42.5 Å². The van der Waals surface area contributed by atoms with Crippen molar-refractivity contribution < 1.29 is 4.79 Å². The predicted octanol–water partition coefficient (Wildman–Crippen LogP) is 4.54. The van der Waals surface area contributed by atoms with E-state index in [1.54, 1.807) is 17.4 Å². The number of primary amides is 1. The highest BCUT2D eigenvalue weighted by Crippen LogP contribution is 2.29. The molecule has 2 heterocycles. The van der Waals surface area contributed by atoms with Crippen LogP contribution in [-0.2, 0) is 6.42 Å². The van der Waals surface area contributed by atoms with Gasteiger partial charge in [0.15, 0.2) is 0 Å². The number of benzene rings is 1. The Bertz CT molecular complexity index is 836. The molecule has 1 amide bonds. The number of nitrogens with zero attached hydrogens (tertiary/aromatic N) is 2. The topological polar surface area (TPSA) is 60.9 Å². The number of nitrogens with two attached hydrogens (primary N) is 1. The smallest absolute Gasteiger partial charge is 0.248 e. The summed E-state index contributed by atoms with van der Waals surface area (Å²) in [4.78, 5) is 17.6. The third-order valence-electron chi connectivity index (χ3n) is 4.42. The number of carbonyl (C=O) groups is 1. The van der Waals surface area contributed by atoms with E-state index in [0.717, 1.165) is 42.5 Å². The molecular formula is C19H23N3OS. The van der Waals surface area contributed by atoms with Crippen molar-refractivity contribution in [1.29, 1.82) is 0 Å². The molecule has 0 aliphatic carbocycles. The Balaban J connectivity index is 2.13. The van der Waals surface area contributed by atoms with Crippen molar-refractivity contribution in [2.75, 3.05) is 0 Å². The van der Waals surface area contributed by atoms with Gasteiger partial charge in [-0.25, -0.2) is 4.98 Å². The van der Waals surface area contributed by atoms with E-state index in [1.807, 2.05) is 12.1 Å². The van der Waals surface area contributed by atoms with Crippen LogP contribution in [0.2, 0.25) is 0 Å². The Hall–Kier alpha value is -2.14. The van der Waals surface area contributed by atoms with Crippen molar-refractivity contribution in [3.63, 3.8) is 0 Å². The summed E-state index contributed by atoms with van der Waals surface area (Å²) in [6.07, 6.45) is 4.14. The number of hydrogen-bond donors (Lipinski definition) is 1. The summed E-state index contributed by atoms with van der Waals surface area (Å²) in [5, 5.41) is 2.09. The molecule has 2 aromatic heterocycles. The molecule has 2 N–H and O–H groups in total. The van der Waals surface area contributed by atoms with Crippen LogP contribution >= 0.6 is 11.3 Å². The third kappa shape index (κ3) is 3.22. The minimum Gasteiger partial charge on any atom is -0.366 e. The molecule has 0 aliphatic rings. The number of aromatic nitrogens is 2. The van der Waals surface area contributed by atoms with Crippen molar-refractivity contribution in [2.24, 2.45) is 5.73 Å². The summed E-state index contributed by atoms with van der Waals surface area (Å²) in [6.45, 7) is 4.44. The van der Waals surface area contributed by atoms with E-state index in [-0.39, 0.29) is 0 Å². The van der Waals surface area contributed by atoms with Crippen LogP contribution in [0.4, 0.5) is 0 Å². The zero-order valence-electron chi connectivity index (χ0n) is 14.2. The highest BCUT2D eigenvalue weighted by atomic mass is 32.1. The van der Waals surface area contributed by atoms with Gasteiger partial charge >= 0.3 is 0 Å². The first-order valence-electron chi connectivity index (χ1n) is 8.47. The molecule has 1 unspecified atom stereocenters. The fourth-order valence-corrected chi connectivity index (χ4v) is 3.95. The summed E-state index contributed by atoms with van der Waals surface area (Å²) in [7, 11) is 0. The van der Waals surface area contributed by atoms with Crippen molar-refractivity contribution in [3.05, 3.63) is 52.0 Å². The summed E-state index contributed by atoms with van der Waals surface area (Å²) in [5.41, 5.74) is 7.88. The van der Waals surface area contributed by atoms with Crippen LogP contribution in [0.1, 0.15) is 60.2 Å². The number of hydrogen-bond acceptors (Lipinski definition) is 3. The monoisotopic (exact) mass is 341 g/mol. The largest absolute Gasteiger partial charge is 0.366 e. The van der Waals surface area contributed by atoms with Crippen molar-refractivity contribution in [3.8, 4) is 0 Å². The van der Waals surface area contributed by atoms with E-state index in [2.05, 4.69) is 35.9 Å². The molecular weight excluding hydrogens is 318 g/mol. The molecule has 5 heteroatoms. The molecule has 3 rings (SSSR count). The molecule has 0 aliphatic heterocycles. The maximum Gasteiger partial charge on any atom is 0.248 e. The van der Waals surface area contributed by atoms with Gasteiger partial charge < -0.3 is 10.3 Å². The molecule has 24 heavy (non-hydrogen) atoms. The lowest BCUT2D eigenvalue weighted by Gasteiger charge is -2.20. The van der Waals surface area contributed by atoms with E-state index in [9.17, 15) is 4.79 Å². The lowest BCUT2D eigenvalue weighted by molar-refractivity contribution is 0.100. The molecule has 0 saturated carbocycles. The predicted molar refractivity (Wildman–Crippen MR) is 99.6 cm³/mol. The average molecular weight is 341 g/mol. The third-order valence-corrected chi connectivity index (χ3v) is 5.29. The molecule has 3 aromatic rings. The second-order valence-corrected chi connectivity index (χ2v) is 7.10. The number of imidazole rings is 1. The van der Waals surface area contributed by atoms with Crippen LogP contribution in [0.5, 0.6) is 0 Å². The fourth-order valence-electron chi connectivity index (χ4n) is 3.25. The van der Waals surface area contributed by atoms with E-state index in [4.69, 9.17) is 10.7 Å². The fraction of sp³-hybridized carbons (Fsp3) is 0.368. The SMILES string of the molecule is CCCC(CC)n1c(Cc2cccs2)nc2cc(C(N)=O)ccc21. The molecule has 1 aromatic carbocycles. The molecule has 0 fully saturated rings. The number of rotatable bonds is 7. The Labute approximate surface area is 146 Å². The lowest BCUT2D eigenvalue weighted by Crippen LogP contribution is -2.12. The maximum atomic E-state index is 11.5. The number of carbonyl (C=O) groups excluding carboxylic acids is 1. The van der Waals surface area contributed by atoms with Gasteiger partial charge in [-0.1, -0.05) is 26.3 Å².